The molecule has 0 aromatic heterocycles. The van der Waals surface area contributed by atoms with Gasteiger partial charge in [0.1, 0.15) is 0 Å². The van der Waals surface area contributed by atoms with Crippen LogP contribution in [-0.2, 0) is 18.4 Å². The lowest BCUT2D eigenvalue weighted by atomic mass is 9.76. The van der Waals surface area contributed by atoms with Gasteiger partial charge in [0.05, 0.1) is 5.60 Å². The lowest BCUT2D eigenvalue weighted by Crippen LogP contribution is -2.33. The Hall–Kier alpha value is -1.60. The number of rotatable bonds is 1. The van der Waals surface area contributed by atoms with Gasteiger partial charge in [-0.1, -0.05) is 53.6 Å². The molecule has 0 bridgehead atoms. The van der Waals surface area contributed by atoms with Crippen LogP contribution < -0.4 is 0 Å². The zero-order valence-electron chi connectivity index (χ0n) is 11.6. The fraction of sp³-hybridized carbons (Fsp3) is 0.333. The lowest BCUT2D eigenvalue weighted by Gasteiger charge is -2.34. The predicted octanol–water partition coefficient (Wildman–Crippen LogP) is 3.68. The van der Waals surface area contributed by atoms with Gasteiger partial charge >= 0.3 is 0 Å². The second-order valence-electron chi connectivity index (χ2n) is 5.85. The Balaban J connectivity index is 2.01. The second-order valence-corrected chi connectivity index (χ2v) is 5.85. The van der Waals surface area contributed by atoms with Crippen LogP contribution in [-0.4, -0.2) is 5.11 Å². The number of fused-ring (bicyclic) bond motifs is 1. The summed E-state index contributed by atoms with van der Waals surface area (Å²) in [5.41, 5.74) is 5.49. The average Bonchev–Trinajstić information content (AvgIpc) is 2.37. The van der Waals surface area contributed by atoms with Gasteiger partial charge in [0.15, 0.2) is 0 Å². The molecule has 0 spiro atoms. The molecular weight excluding hydrogens is 232 g/mol. The molecule has 0 saturated heterocycles. The number of aryl methyl sites for hydroxylation is 3. The number of benzene rings is 2. The number of aliphatic hydroxyl groups is 1. The molecule has 19 heavy (non-hydrogen) atoms. The van der Waals surface area contributed by atoms with E-state index in [1.165, 1.54) is 22.3 Å². The van der Waals surface area contributed by atoms with Crippen LogP contribution in [0.4, 0.5) is 0 Å². The minimum atomic E-state index is -0.703. The Labute approximate surface area is 114 Å². The van der Waals surface area contributed by atoms with E-state index < -0.39 is 5.60 Å². The highest BCUT2D eigenvalue weighted by Gasteiger charge is 2.33. The molecule has 98 valence electrons. The predicted molar refractivity (Wildman–Crippen MR) is 78.3 cm³/mol. The van der Waals surface area contributed by atoms with E-state index in [-0.39, 0.29) is 0 Å². The summed E-state index contributed by atoms with van der Waals surface area (Å²) in [7, 11) is 0. The fourth-order valence-corrected chi connectivity index (χ4v) is 3.21. The van der Waals surface area contributed by atoms with Crippen LogP contribution in [0, 0.1) is 13.8 Å². The average molecular weight is 252 g/mol. The smallest absolute Gasteiger partial charge is 0.0940 e. The molecule has 1 heteroatoms. The van der Waals surface area contributed by atoms with E-state index in [0.717, 1.165) is 24.8 Å². The summed E-state index contributed by atoms with van der Waals surface area (Å²) in [6.07, 6.45) is 2.50. The normalized spacial score (nSPS) is 22.1. The van der Waals surface area contributed by atoms with E-state index in [2.05, 4.69) is 56.3 Å². The van der Waals surface area contributed by atoms with Gasteiger partial charge in [-0.25, -0.2) is 0 Å². The molecule has 3 rings (SSSR count). The molecule has 0 aliphatic heterocycles. The number of hydrogen-bond acceptors (Lipinski definition) is 1. The summed E-state index contributed by atoms with van der Waals surface area (Å²) in [6.45, 7) is 4.19. The molecule has 2 aromatic carbocycles. The summed E-state index contributed by atoms with van der Waals surface area (Å²) in [4.78, 5) is 0. The summed E-state index contributed by atoms with van der Waals surface area (Å²) in [5.74, 6) is 0. The van der Waals surface area contributed by atoms with Crippen molar-refractivity contribution >= 4 is 0 Å². The molecule has 0 fully saturated rings. The molecular formula is C18H20O. The standard InChI is InChI=1S/C18H20O/c1-13-9-14(2)11-17(10-13)18(19)8-7-15-5-3-4-6-16(15)12-18/h3-6,9-11,19H,7-8,12H2,1-2H3. The van der Waals surface area contributed by atoms with Crippen LogP contribution in [0.1, 0.15) is 34.2 Å². The van der Waals surface area contributed by atoms with Crippen LogP contribution in [0.3, 0.4) is 0 Å². The summed E-state index contributed by atoms with van der Waals surface area (Å²) < 4.78 is 0. The van der Waals surface area contributed by atoms with Crippen LogP contribution in [0.15, 0.2) is 42.5 Å². The van der Waals surface area contributed by atoms with Gasteiger partial charge in [-0.05, 0) is 43.4 Å². The van der Waals surface area contributed by atoms with Gasteiger partial charge in [0, 0.05) is 6.42 Å². The van der Waals surface area contributed by atoms with Crippen molar-refractivity contribution in [3.63, 3.8) is 0 Å². The van der Waals surface area contributed by atoms with Gasteiger partial charge in [0.2, 0.25) is 0 Å². The Morgan fingerprint density at radius 1 is 0.947 bits per heavy atom. The zero-order valence-corrected chi connectivity index (χ0v) is 11.6. The summed E-state index contributed by atoms with van der Waals surface area (Å²) in [5, 5.41) is 11.0. The van der Waals surface area contributed by atoms with E-state index >= 15 is 0 Å². The Kier molecular flexibility index (Phi) is 2.94. The molecule has 1 unspecified atom stereocenters. The Bertz CT molecular complexity index is 595. The summed E-state index contributed by atoms with van der Waals surface area (Å²) >= 11 is 0. The molecule has 1 nitrogen and oxygen atoms in total. The first-order chi connectivity index (χ1) is 9.07. The van der Waals surface area contributed by atoms with E-state index in [9.17, 15) is 5.11 Å². The monoisotopic (exact) mass is 252 g/mol. The molecule has 1 N–H and O–H groups in total. The van der Waals surface area contributed by atoms with Gasteiger partial charge in [-0.3, -0.25) is 0 Å². The van der Waals surface area contributed by atoms with Crippen LogP contribution in [0.2, 0.25) is 0 Å². The van der Waals surface area contributed by atoms with Crippen molar-refractivity contribution in [2.75, 3.05) is 0 Å². The van der Waals surface area contributed by atoms with Crippen molar-refractivity contribution in [3.05, 3.63) is 70.3 Å². The first-order valence-corrected chi connectivity index (χ1v) is 6.95. The maximum Gasteiger partial charge on any atom is 0.0940 e. The van der Waals surface area contributed by atoms with Gasteiger partial charge in [-0.2, -0.15) is 0 Å². The molecule has 0 radical (unpaired) electrons. The molecule has 0 heterocycles. The van der Waals surface area contributed by atoms with Crippen molar-refractivity contribution in [1.82, 2.24) is 0 Å². The molecule has 1 aliphatic carbocycles. The first-order valence-electron chi connectivity index (χ1n) is 6.95. The van der Waals surface area contributed by atoms with Gasteiger partial charge in [0.25, 0.3) is 0 Å². The maximum absolute atomic E-state index is 11.0. The van der Waals surface area contributed by atoms with E-state index in [1.54, 1.807) is 0 Å². The Morgan fingerprint density at radius 3 is 2.26 bits per heavy atom. The minimum Gasteiger partial charge on any atom is -0.385 e. The van der Waals surface area contributed by atoms with Crippen LogP contribution >= 0.6 is 0 Å². The quantitative estimate of drug-likeness (QED) is 0.821. The largest absolute Gasteiger partial charge is 0.385 e. The van der Waals surface area contributed by atoms with Crippen molar-refractivity contribution in [3.8, 4) is 0 Å². The Morgan fingerprint density at radius 2 is 1.58 bits per heavy atom. The van der Waals surface area contributed by atoms with Crippen molar-refractivity contribution in [1.29, 1.82) is 0 Å². The lowest BCUT2D eigenvalue weighted by molar-refractivity contribution is 0.0221. The minimum absolute atomic E-state index is 0.703. The van der Waals surface area contributed by atoms with Crippen molar-refractivity contribution in [2.45, 2.75) is 38.7 Å². The number of hydrogen-bond donors (Lipinski definition) is 1. The molecule has 1 aliphatic rings. The topological polar surface area (TPSA) is 20.2 Å². The van der Waals surface area contributed by atoms with E-state index in [0.29, 0.717) is 0 Å². The highest BCUT2D eigenvalue weighted by atomic mass is 16.3. The van der Waals surface area contributed by atoms with Gasteiger partial charge in [-0.15, -0.1) is 0 Å². The van der Waals surface area contributed by atoms with Crippen LogP contribution in [0.25, 0.3) is 0 Å². The van der Waals surface area contributed by atoms with Crippen molar-refractivity contribution < 1.29 is 5.11 Å². The summed E-state index contributed by atoms with van der Waals surface area (Å²) in [6, 6.07) is 14.9. The zero-order chi connectivity index (χ0) is 13.5. The second kappa shape index (κ2) is 4.50. The fourth-order valence-electron chi connectivity index (χ4n) is 3.21. The molecule has 2 aromatic rings. The molecule has 1 atom stereocenters. The highest BCUT2D eigenvalue weighted by molar-refractivity contribution is 5.38. The van der Waals surface area contributed by atoms with Gasteiger partial charge < -0.3 is 5.11 Å². The first kappa shape index (κ1) is 12.4. The van der Waals surface area contributed by atoms with Crippen molar-refractivity contribution in [2.24, 2.45) is 0 Å². The SMILES string of the molecule is Cc1cc(C)cc(C2(O)CCc3ccccc3C2)c1. The third-order valence-electron chi connectivity index (χ3n) is 4.17. The van der Waals surface area contributed by atoms with E-state index in [4.69, 9.17) is 0 Å². The molecule has 0 saturated carbocycles. The highest BCUT2D eigenvalue weighted by Crippen LogP contribution is 2.37. The third-order valence-corrected chi connectivity index (χ3v) is 4.17. The van der Waals surface area contributed by atoms with Crippen LogP contribution in [0.5, 0.6) is 0 Å². The maximum atomic E-state index is 11.0. The molecule has 0 amide bonds. The van der Waals surface area contributed by atoms with E-state index in [1.807, 2.05) is 0 Å². The third kappa shape index (κ3) is 2.31.